The fraction of sp³-hybridized carbons (Fsp3) is 0.259. The minimum Gasteiger partial charge on any atom is -0.490 e. The summed E-state index contributed by atoms with van der Waals surface area (Å²) in [6, 6.07) is 21.5. The van der Waals surface area contributed by atoms with Gasteiger partial charge in [-0.2, -0.15) is 4.72 Å². The Labute approximate surface area is 199 Å². The number of fused-ring (bicyclic) bond motifs is 2. The van der Waals surface area contributed by atoms with Crippen LogP contribution in [0.5, 0.6) is 11.5 Å². The number of ether oxygens (including phenoxy) is 2. The molecular weight excluding hydrogens is 450 g/mol. The second kappa shape index (κ2) is 9.52. The van der Waals surface area contributed by atoms with Gasteiger partial charge in [0, 0.05) is 17.9 Å². The van der Waals surface area contributed by atoms with Crippen LogP contribution in [-0.2, 0) is 16.4 Å². The molecular formula is C27H27NO5S. The molecule has 0 fully saturated rings. The van der Waals surface area contributed by atoms with E-state index < -0.39 is 16.1 Å². The van der Waals surface area contributed by atoms with Gasteiger partial charge in [-0.3, -0.25) is 0 Å². The van der Waals surface area contributed by atoms with E-state index in [1.807, 2.05) is 54.6 Å². The molecule has 4 aromatic rings. The van der Waals surface area contributed by atoms with Crippen LogP contribution >= 0.6 is 0 Å². The standard InChI is InChI=1S/C27H27NO5S/c1-2-8-19-9-3-5-11-22(19)27(26-17-20-10-4-6-12-23(20)33-26)28-34(29,30)21-13-14-24-25(18-21)32-16-7-15-31-24/h3-6,9-14,17-18,27-28H,2,7-8,15-16H2,1H3/t27-/m1/s1. The van der Waals surface area contributed by atoms with Crippen molar-refractivity contribution in [2.24, 2.45) is 0 Å². The Morgan fingerprint density at radius 2 is 1.68 bits per heavy atom. The zero-order valence-electron chi connectivity index (χ0n) is 19.0. The molecule has 0 amide bonds. The van der Waals surface area contributed by atoms with Crippen LogP contribution < -0.4 is 14.2 Å². The molecule has 0 unspecified atom stereocenters. The molecule has 5 rings (SSSR count). The van der Waals surface area contributed by atoms with Gasteiger partial charge in [0.15, 0.2) is 11.5 Å². The molecule has 1 atom stereocenters. The Balaban J connectivity index is 1.57. The Bertz CT molecular complexity index is 1380. The van der Waals surface area contributed by atoms with E-state index in [1.165, 1.54) is 6.07 Å². The van der Waals surface area contributed by atoms with Crippen molar-refractivity contribution >= 4 is 21.0 Å². The lowest BCUT2D eigenvalue weighted by Crippen LogP contribution is -2.30. The second-order valence-corrected chi connectivity index (χ2v) is 10.1. The van der Waals surface area contributed by atoms with E-state index >= 15 is 0 Å². The summed E-state index contributed by atoms with van der Waals surface area (Å²) in [6.45, 7) is 3.13. The van der Waals surface area contributed by atoms with Crippen LogP contribution in [0.4, 0.5) is 0 Å². The predicted molar refractivity (Wildman–Crippen MR) is 131 cm³/mol. The van der Waals surface area contributed by atoms with Crippen molar-refractivity contribution in [2.45, 2.75) is 37.1 Å². The van der Waals surface area contributed by atoms with Crippen LogP contribution in [0.3, 0.4) is 0 Å². The van der Waals surface area contributed by atoms with Crippen molar-refractivity contribution in [1.29, 1.82) is 0 Å². The van der Waals surface area contributed by atoms with Crippen molar-refractivity contribution < 1.29 is 22.3 Å². The molecule has 3 aromatic carbocycles. The summed E-state index contributed by atoms with van der Waals surface area (Å²) in [5, 5.41) is 0.922. The highest BCUT2D eigenvalue weighted by Crippen LogP contribution is 2.35. The number of hydrogen-bond acceptors (Lipinski definition) is 5. The van der Waals surface area contributed by atoms with Crippen LogP contribution in [0, 0.1) is 0 Å². The van der Waals surface area contributed by atoms with Gasteiger partial charge in [-0.05, 0) is 41.8 Å². The van der Waals surface area contributed by atoms with Gasteiger partial charge in [-0.15, -0.1) is 0 Å². The van der Waals surface area contributed by atoms with E-state index in [9.17, 15) is 8.42 Å². The number of benzene rings is 3. The molecule has 176 valence electrons. The van der Waals surface area contributed by atoms with Gasteiger partial charge in [0.1, 0.15) is 17.4 Å². The van der Waals surface area contributed by atoms with E-state index in [1.54, 1.807) is 12.1 Å². The van der Waals surface area contributed by atoms with Gasteiger partial charge < -0.3 is 13.9 Å². The summed E-state index contributed by atoms with van der Waals surface area (Å²) < 4.78 is 47.6. The summed E-state index contributed by atoms with van der Waals surface area (Å²) in [7, 11) is -3.92. The summed E-state index contributed by atoms with van der Waals surface area (Å²) in [5.74, 6) is 1.54. The average molecular weight is 478 g/mol. The molecule has 1 aliphatic rings. The summed E-state index contributed by atoms with van der Waals surface area (Å²) in [5.41, 5.74) is 2.67. The Morgan fingerprint density at radius 1 is 0.912 bits per heavy atom. The molecule has 2 heterocycles. The fourth-order valence-corrected chi connectivity index (χ4v) is 5.47. The minimum atomic E-state index is -3.92. The average Bonchev–Trinajstić information content (AvgIpc) is 3.13. The molecule has 0 spiro atoms. The monoisotopic (exact) mass is 477 g/mol. The van der Waals surface area contributed by atoms with E-state index in [0.717, 1.165) is 35.8 Å². The maximum absolute atomic E-state index is 13.6. The van der Waals surface area contributed by atoms with E-state index in [-0.39, 0.29) is 4.90 Å². The first-order valence-corrected chi connectivity index (χ1v) is 13.0. The van der Waals surface area contributed by atoms with E-state index in [2.05, 4.69) is 11.6 Å². The van der Waals surface area contributed by atoms with Crippen LogP contribution in [-0.4, -0.2) is 21.6 Å². The molecule has 6 nitrogen and oxygen atoms in total. The van der Waals surface area contributed by atoms with Crippen molar-refractivity contribution in [3.63, 3.8) is 0 Å². The molecule has 0 saturated carbocycles. The lowest BCUT2D eigenvalue weighted by Gasteiger charge is -2.21. The SMILES string of the molecule is CCCc1ccccc1[C@@H](NS(=O)(=O)c1ccc2c(c1)OCCCO2)c1cc2ccccc2o1. The zero-order valence-corrected chi connectivity index (χ0v) is 19.8. The Morgan fingerprint density at radius 3 is 2.50 bits per heavy atom. The number of rotatable bonds is 7. The fourth-order valence-electron chi connectivity index (χ4n) is 4.27. The normalized spacial score (nSPS) is 14.6. The zero-order chi connectivity index (χ0) is 23.5. The molecule has 1 aliphatic heterocycles. The number of para-hydroxylation sites is 1. The highest BCUT2D eigenvalue weighted by molar-refractivity contribution is 7.89. The van der Waals surface area contributed by atoms with Crippen LogP contribution in [0.1, 0.15) is 42.7 Å². The molecule has 0 saturated heterocycles. The van der Waals surface area contributed by atoms with Crippen molar-refractivity contribution in [3.8, 4) is 11.5 Å². The lowest BCUT2D eigenvalue weighted by molar-refractivity contribution is 0.297. The molecule has 1 aromatic heterocycles. The van der Waals surface area contributed by atoms with Crippen molar-refractivity contribution in [2.75, 3.05) is 13.2 Å². The minimum absolute atomic E-state index is 0.117. The van der Waals surface area contributed by atoms with Gasteiger partial charge in [0.05, 0.1) is 18.1 Å². The Kier molecular flexibility index (Phi) is 6.30. The highest BCUT2D eigenvalue weighted by atomic mass is 32.2. The van der Waals surface area contributed by atoms with Gasteiger partial charge in [0.25, 0.3) is 0 Å². The molecule has 7 heteroatoms. The molecule has 1 N–H and O–H groups in total. The molecule has 0 aliphatic carbocycles. The van der Waals surface area contributed by atoms with Crippen LogP contribution in [0.2, 0.25) is 0 Å². The third-order valence-electron chi connectivity index (χ3n) is 5.92. The third-order valence-corrected chi connectivity index (χ3v) is 7.34. The number of sulfonamides is 1. The van der Waals surface area contributed by atoms with E-state index in [0.29, 0.717) is 36.1 Å². The first-order valence-electron chi connectivity index (χ1n) is 11.5. The molecule has 34 heavy (non-hydrogen) atoms. The Hall–Kier alpha value is -3.29. The van der Waals surface area contributed by atoms with Crippen LogP contribution in [0.25, 0.3) is 11.0 Å². The van der Waals surface area contributed by atoms with Crippen molar-refractivity contribution in [3.05, 3.63) is 89.7 Å². The number of hydrogen-bond donors (Lipinski definition) is 1. The maximum Gasteiger partial charge on any atom is 0.241 e. The third kappa shape index (κ3) is 4.54. The topological polar surface area (TPSA) is 77.8 Å². The predicted octanol–water partition coefficient (Wildman–Crippen LogP) is 5.61. The van der Waals surface area contributed by atoms with Gasteiger partial charge in [0.2, 0.25) is 10.0 Å². The van der Waals surface area contributed by atoms with Gasteiger partial charge >= 0.3 is 0 Å². The highest BCUT2D eigenvalue weighted by Gasteiger charge is 2.28. The van der Waals surface area contributed by atoms with Crippen LogP contribution in [0.15, 0.2) is 82.1 Å². The second-order valence-electron chi connectivity index (χ2n) is 8.35. The van der Waals surface area contributed by atoms with Gasteiger partial charge in [-0.1, -0.05) is 55.8 Å². The lowest BCUT2D eigenvalue weighted by atomic mass is 9.96. The van der Waals surface area contributed by atoms with E-state index in [4.69, 9.17) is 13.9 Å². The molecule has 0 bridgehead atoms. The maximum atomic E-state index is 13.6. The summed E-state index contributed by atoms with van der Waals surface area (Å²) in [6.07, 6.45) is 2.52. The summed E-state index contributed by atoms with van der Waals surface area (Å²) >= 11 is 0. The largest absolute Gasteiger partial charge is 0.490 e. The number of furan rings is 1. The first-order chi connectivity index (χ1) is 16.5. The number of aryl methyl sites for hydroxylation is 1. The summed E-state index contributed by atoms with van der Waals surface area (Å²) in [4.78, 5) is 0.117. The smallest absolute Gasteiger partial charge is 0.241 e. The molecule has 0 radical (unpaired) electrons. The van der Waals surface area contributed by atoms with Crippen molar-refractivity contribution in [1.82, 2.24) is 4.72 Å². The quantitative estimate of drug-likeness (QED) is 0.374. The first kappa shape index (κ1) is 22.5. The number of nitrogens with one attached hydrogen (secondary N) is 1. The van der Waals surface area contributed by atoms with Gasteiger partial charge in [-0.25, -0.2) is 8.42 Å².